The number of nitrogens with one attached hydrogen (secondary N) is 1. The Morgan fingerprint density at radius 3 is 2.85 bits per heavy atom. The first-order valence-electron chi connectivity index (χ1n) is 8.49. The Balaban J connectivity index is 1.70. The summed E-state index contributed by atoms with van der Waals surface area (Å²) in [6, 6.07) is 7.03. The minimum atomic E-state index is -0.499. The molecule has 0 aliphatic heterocycles. The van der Waals surface area contributed by atoms with Gasteiger partial charge in [-0.25, -0.2) is 0 Å². The normalized spacial score (nSPS) is 15.8. The van der Waals surface area contributed by atoms with Crippen molar-refractivity contribution in [2.24, 2.45) is 11.7 Å². The summed E-state index contributed by atoms with van der Waals surface area (Å²) in [4.78, 5) is 25.3. The molecular formula is C19H22N2O4S. The average molecular weight is 374 g/mol. The lowest BCUT2D eigenvalue weighted by molar-refractivity contribution is -0.118. The number of ether oxygens (including phenoxy) is 2. The third-order valence-electron chi connectivity index (χ3n) is 4.42. The zero-order chi connectivity index (χ0) is 18.7. The van der Waals surface area contributed by atoms with E-state index in [0.717, 1.165) is 29.7 Å². The molecule has 0 radical (unpaired) electrons. The number of benzene rings is 1. The first-order chi connectivity index (χ1) is 12.5. The maximum atomic E-state index is 12.3. The number of rotatable bonds is 6. The molecule has 0 saturated heterocycles. The molecule has 0 bridgehead atoms. The van der Waals surface area contributed by atoms with E-state index in [2.05, 4.69) is 12.2 Å². The van der Waals surface area contributed by atoms with Crippen molar-refractivity contribution in [2.45, 2.75) is 26.2 Å². The van der Waals surface area contributed by atoms with Gasteiger partial charge >= 0.3 is 0 Å². The molecule has 0 saturated carbocycles. The van der Waals surface area contributed by atoms with Crippen LogP contribution in [0, 0.1) is 5.92 Å². The van der Waals surface area contributed by atoms with Gasteiger partial charge in [-0.1, -0.05) is 13.0 Å². The summed E-state index contributed by atoms with van der Waals surface area (Å²) in [5.74, 6) is 0.928. The number of carbonyl (C=O) groups is 2. The molecule has 0 unspecified atom stereocenters. The van der Waals surface area contributed by atoms with Gasteiger partial charge in [-0.05, 0) is 42.9 Å². The van der Waals surface area contributed by atoms with Gasteiger partial charge in [0.2, 0.25) is 0 Å². The molecule has 138 valence electrons. The number of hydrogen-bond donors (Lipinski definition) is 2. The first-order valence-corrected chi connectivity index (χ1v) is 9.30. The van der Waals surface area contributed by atoms with E-state index in [0.29, 0.717) is 28.0 Å². The largest absolute Gasteiger partial charge is 0.497 e. The molecule has 1 aliphatic carbocycles. The summed E-state index contributed by atoms with van der Waals surface area (Å²) in [6.07, 6.45) is 2.76. The standard InChI is InChI=1S/C19H22N2O4S/c1-11-6-7-14-15(8-11)26-19(17(14)18(20)23)21-16(22)10-25-13-5-3-4-12(9-13)24-2/h3-5,9,11H,6-8,10H2,1-2H3,(H2,20,23)(H,21,22)/t11-/m0/s1. The Morgan fingerprint density at radius 1 is 1.35 bits per heavy atom. The van der Waals surface area contributed by atoms with Crippen LogP contribution >= 0.6 is 11.3 Å². The second kappa shape index (κ2) is 7.78. The molecule has 0 fully saturated rings. The van der Waals surface area contributed by atoms with E-state index in [-0.39, 0.29) is 12.5 Å². The zero-order valence-electron chi connectivity index (χ0n) is 14.8. The molecule has 2 aromatic rings. The van der Waals surface area contributed by atoms with Crippen molar-refractivity contribution in [3.63, 3.8) is 0 Å². The monoisotopic (exact) mass is 374 g/mol. The number of primary amides is 1. The van der Waals surface area contributed by atoms with Crippen LogP contribution in [-0.2, 0) is 17.6 Å². The number of nitrogens with two attached hydrogens (primary N) is 1. The number of hydrogen-bond acceptors (Lipinski definition) is 5. The van der Waals surface area contributed by atoms with Gasteiger partial charge in [-0.2, -0.15) is 0 Å². The van der Waals surface area contributed by atoms with Crippen molar-refractivity contribution in [3.8, 4) is 11.5 Å². The summed E-state index contributed by atoms with van der Waals surface area (Å²) in [6.45, 7) is 2.02. The number of methoxy groups -OCH3 is 1. The highest BCUT2D eigenvalue weighted by molar-refractivity contribution is 7.17. The highest BCUT2D eigenvalue weighted by Gasteiger charge is 2.27. The van der Waals surface area contributed by atoms with Crippen LogP contribution in [0.4, 0.5) is 5.00 Å². The van der Waals surface area contributed by atoms with Crippen LogP contribution in [-0.4, -0.2) is 25.5 Å². The number of fused-ring (bicyclic) bond motifs is 1. The lowest BCUT2D eigenvalue weighted by Gasteiger charge is -2.18. The lowest BCUT2D eigenvalue weighted by atomic mass is 9.88. The SMILES string of the molecule is COc1cccc(OCC(=O)Nc2sc3c(c2C(N)=O)CC[C@H](C)C3)c1. The Kier molecular flexibility index (Phi) is 5.46. The third-order valence-corrected chi connectivity index (χ3v) is 5.59. The summed E-state index contributed by atoms with van der Waals surface area (Å²) >= 11 is 1.44. The lowest BCUT2D eigenvalue weighted by Crippen LogP contribution is -2.22. The predicted molar refractivity (Wildman–Crippen MR) is 101 cm³/mol. The van der Waals surface area contributed by atoms with E-state index >= 15 is 0 Å². The second-order valence-corrected chi connectivity index (χ2v) is 7.54. The number of carbonyl (C=O) groups excluding carboxylic acids is 2. The molecule has 6 nitrogen and oxygen atoms in total. The zero-order valence-corrected chi connectivity index (χ0v) is 15.7. The Labute approximate surface area is 156 Å². The van der Waals surface area contributed by atoms with Gasteiger partial charge in [0, 0.05) is 10.9 Å². The van der Waals surface area contributed by atoms with Gasteiger partial charge in [0.15, 0.2) is 6.61 Å². The maximum absolute atomic E-state index is 12.3. The minimum absolute atomic E-state index is 0.162. The van der Waals surface area contributed by atoms with Gasteiger partial charge in [0.05, 0.1) is 12.7 Å². The van der Waals surface area contributed by atoms with E-state index < -0.39 is 5.91 Å². The molecule has 1 aromatic carbocycles. The number of thiophene rings is 1. The Morgan fingerprint density at radius 2 is 2.12 bits per heavy atom. The molecule has 2 amide bonds. The fourth-order valence-electron chi connectivity index (χ4n) is 3.10. The van der Waals surface area contributed by atoms with Gasteiger partial charge < -0.3 is 20.5 Å². The summed E-state index contributed by atoms with van der Waals surface area (Å²) in [5, 5.41) is 3.31. The Hall–Kier alpha value is -2.54. The fraction of sp³-hybridized carbons (Fsp3) is 0.368. The molecule has 0 spiro atoms. The van der Waals surface area contributed by atoms with Crippen molar-refractivity contribution >= 4 is 28.2 Å². The highest BCUT2D eigenvalue weighted by atomic mass is 32.1. The van der Waals surface area contributed by atoms with Gasteiger partial charge in [0.25, 0.3) is 11.8 Å². The molecule has 1 heterocycles. The van der Waals surface area contributed by atoms with Crippen molar-refractivity contribution in [3.05, 3.63) is 40.3 Å². The van der Waals surface area contributed by atoms with Gasteiger partial charge in [0.1, 0.15) is 16.5 Å². The predicted octanol–water partition coefficient (Wildman–Crippen LogP) is 3.00. The molecule has 1 aliphatic rings. The van der Waals surface area contributed by atoms with Crippen LogP contribution in [0.15, 0.2) is 24.3 Å². The smallest absolute Gasteiger partial charge is 0.262 e. The molecule has 1 atom stereocenters. The molecular weight excluding hydrogens is 352 g/mol. The van der Waals surface area contributed by atoms with E-state index in [1.54, 1.807) is 31.4 Å². The van der Waals surface area contributed by atoms with E-state index in [1.165, 1.54) is 11.3 Å². The Bertz CT molecular complexity index is 831. The summed E-state index contributed by atoms with van der Waals surface area (Å²) in [7, 11) is 1.57. The molecule has 7 heteroatoms. The number of anilines is 1. The van der Waals surface area contributed by atoms with Crippen molar-refractivity contribution in [2.75, 3.05) is 19.0 Å². The molecule has 3 rings (SSSR count). The van der Waals surface area contributed by atoms with Crippen LogP contribution < -0.4 is 20.5 Å². The first kappa shape index (κ1) is 18.3. The average Bonchev–Trinajstić information content (AvgIpc) is 2.97. The summed E-state index contributed by atoms with van der Waals surface area (Å²) in [5.41, 5.74) is 7.00. The van der Waals surface area contributed by atoms with Crippen molar-refractivity contribution in [1.82, 2.24) is 0 Å². The van der Waals surface area contributed by atoms with E-state index in [1.807, 2.05) is 0 Å². The minimum Gasteiger partial charge on any atom is -0.497 e. The maximum Gasteiger partial charge on any atom is 0.262 e. The quantitative estimate of drug-likeness (QED) is 0.813. The summed E-state index contributed by atoms with van der Waals surface area (Å²) < 4.78 is 10.6. The van der Waals surface area contributed by atoms with E-state index in [4.69, 9.17) is 15.2 Å². The highest BCUT2D eigenvalue weighted by Crippen LogP contribution is 2.39. The van der Waals surface area contributed by atoms with Gasteiger partial charge in [-0.15, -0.1) is 11.3 Å². The molecule has 3 N–H and O–H groups in total. The topological polar surface area (TPSA) is 90.7 Å². The fourth-order valence-corrected chi connectivity index (χ4v) is 4.53. The van der Waals surface area contributed by atoms with Crippen molar-refractivity contribution < 1.29 is 19.1 Å². The van der Waals surface area contributed by atoms with Crippen LogP contribution in [0.5, 0.6) is 11.5 Å². The van der Waals surface area contributed by atoms with Crippen LogP contribution in [0.3, 0.4) is 0 Å². The van der Waals surface area contributed by atoms with E-state index in [9.17, 15) is 9.59 Å². The second-order valence-electron chi connectivity index (χ2n) is 6.44. The van der Waals surface area contributed by atoms with Crippen LogP contribution in [0.2, 0.25) is 0 Å². The third kappa shape index (κ3) is 3.99. The van der Waals surface area contributed by atoms with Crippen LogP contribution in [0.25, 0.3) is 0 Å². The van der Waals surface area contributed by atoms with Crippen LogP contribution in [0.1, 0.15) is 34.1 Å². The van der Waals surface area contributed by atoms with Gasteiger partial charge in [-0.3, -0.25) is 9.59 Å². The molecule has 26 heavy (non-hydrogen) atoms. The molecule has 1 aromatic heterocycles. The number of amides is 2. The van der Waals surface area contributed by atoms with Crippen molar-refractivity contribution in [1.29, 1.82) is 0 Å².